The van der Waals surface area contributed by atoms with Crippen molar-refractivity contribution in [1.82, 2.24) is 10.2 Å². The Labute approximate surface area is 165 Å². The molecule has 8 nitrogen and oxygen atoms in total. The molecule has 1 N–H and O–H groups in total. The van der Waals surface area contributed by atoms with E-state index in [2.05, 4.69) is 5.32 Å². The Morgan fingerprint density at radius 2 is 1.86 bits per heavy atom. The zero-order valence-electron chi connectivity index (χ0n) is 16.8. The minimum absolute atomic E-state index is 0.0442. The first-order valence-electron chi connectivity index (χ1n) is 9.23. The second kappa shape index (κ2) is 9.43. The molecule has 0 aliphatic carbocycles. The molecule has 2 rings (SSSR count). The Morgan fingerprint density at radius 1 is 1.18 bits per heavy atom. The SMILES string of the molecule is COC(=O)C[C@@H]1[C@@H](NC(=O)OC(C)(C)C)CCN1C(=O)OCc1ccccc1. The van der Waals surface area contributed by atoms with E-state index in [-0.39, 0.29) is 13.0 Å². The van der Waals surface area contributed by atoms with E-state index in [0.717, 1.165) is 5.56 Å². The highest BCUT2D eigenvalue weighted by Gasteiger charge is 2.40. The van der Waals surface area contributed by atoms with Crippen molar-refractivity contribution in [3.05, 3.63) is 35.9 Å². The average molecular weight is 392 g/mol. The molecule has 0 saturated carbocycles. The number of ether oxygens (including phenoxy) is 3. The van der Waals surface area contributed by atoms with Crippen molar-refractivity contribution >= 4 is 18.2 Å². The van der Waals surface area contributed by atoms with Crippen molar-refractivity contribution in [2.24, 2.45) is 0 Å². The zero-order valence-corrected chi connectivity index (χ0v) is 16.8. The summed E-state index contributed by atoms with van der Waals surface area (Å²) < 4.78 is 15.4. The summed E-state index contributed by atoms with van der Waals surface area (Å²) in [6.07, 6.45) is -0.684. The third-order valence-electron chi connectivity index (χ3n) is 4.29. The van der Waals surface area contributed by atoms with Crippen LogP contribution in [0.1, 0.15) is 39.2 Å². The van der Waals surface area contributed by atoms with Crippen molar-refractivity contribution in [3.63, 3.8) is 0 Å². The standard InChI is InChI=1S/C20H28N2O6/c1-20(2,3)28-18(24)21-15-10-11-22(16(15)12-17(23)26-4)19(25)27-13-14-8-6-5-7-9-14/h5-9,15-16H,10-13H2,1-4H3,(H,21,24)/t15-,16+/m0/s1. The van der Waals surface area contributed by atoms with E-state index in [1.165, 1.54) is 12.0 Å². The molecule has 1 aromatic rings. The summed E-state index contributed by atoms with van der Waals surface area (Å²) in [6.45, 7) is 5.78. The molecule has 2 atom stereocenters. The summed E-state index contributed by atoms with van der Waals surface area (Å²) in [4.78, 5) is 38.0. The summed E-state index contributed by atoms with van der Waals surface area (Å²) in [6, 6.07) is 8.32. The van der Waals surface area contributed by atoms with Gasteiger partial charge in [0.2, 0.25) is 0 Å². The molecule has 1 heterocycles. The van der Waals surface area contributed by atoms with Gasteiger partial charge in [-0.3, -0.25) is 4.79 Å². The highest BCUT2D eigenvalue weighted by Crippen LogP contribution is 2.23. The second-order valence-corrected chi connectivity index (χ2v) is 7.62. The number of carbonyl (C=O) groups excluding carboxylic acids is 3. The van der Waals surface area contributed by atoms with Crippen LogP contribution >= 0.6 is 0 Å². The van der Waals surface area contributed by atoms with Gasteiger partial charge < -0.3 is 24.4 Å². The van der Waals surface area contributed by atoms with E-state index in [0.29, 0.717) is 13.0 Å². The molecule has 0 aromatic heterocycles. The molecular formula is C20H28N2O6. The summed E-state index contributed by atoms with van der Waals surface area (Å²) in [5, 5.41) is 2.76. The minimum Gasteiger partial charge on any atom is -0.469 e. The van der Waals surface area contributed by atoms with Crippen molar-refractivity contribution in [2.45, 2.75) is 57.9 Å². The van der Waals surface area contributed by atoms with Crippen molar-refractivity contribution in [3.8, 4) is 0 Å². The molecule has 0 radical (unpaired) electrons. The van der Waals surface area contributed by atoms with Gasteiger partial charge in [-0.05, 0) is 32.8 Å². The number of methoxy groups -OCH3 is 1. The van der Waals surface area contributed by atoms with Gasteiger partial charge in [-0.2, -0.15) is 0 Å². The Kier molecular flexibility index (Phi) is 7.25. The van der Waals surface area contributed by atoms with Gasteiger partial charge in [-0.25, -0.2) is 9.59 Å². The van der Waals surface area contributed by atoms with Crippen LogP contribution in [-0.2, 0) is 25.6 Å². The lowest BCUT2D eigenvalue weighted by Gasteiger charge is -2.28. The Balaban J connectivity index is 2.02. The van der Waals surface area contributed by atoms with Gasteiger partial charge in [0.25, 0.3) is 0 Å². The number of benzene rings is 1. The molecule has 1 aromatic carbocycles. The van der Waals surface area contributed by atoms with Gasteiger partial charge in [0, 0.05) is 6.54 Å². The molecule has 154 valence electrons. The number of amides is 2. The van der Waals surface area contributed by atoms with Crippen LogP contribution in [0.4, 0.5) is 9.59 Å². The van der Waals surface area contributed by atoms with Crippen LogP contribution in [0.5, 0.6) is 0 Å². The van der Waals surface area contributed by atoms with E-state index < -0.39 is 35.8 Å². The molecule has 0 spiro atoms. The predicted octanol–water partition coefficient (Wildman–Crippen LogP) is 2.85. The highest BCUT2D eigenvalue weighted by molar-refractivity contribution is 5.74. The van der Waals surface area contributed by atoms with E-state index in [9.17, 15) is 14.4 Å². The van der Waals surface area contributed by atoms with Crippen molar-refractivity contribution in [2.75, 3.05) is 13.7 Å². The smallest absolute Gasteiger partial charge is 0.410 e. The molecule has 0 unspecified atom stereocenters. The van der Waals surface area contributed by atoms with Crippen LogP contribution in [0.15, 0.2) is 30.3 Å². The van der Waals surface area contributed by atoms with Crippen LogP contribution in [0.25, 0.3) is 0 Å². The predicted molar refractivity (Wildman–Crippen MR) is 102 cm³/mol. The summed E-state index contributed by atoms with van der Waals surface area (Å²) in [5.74, 6) is -0.469. The Bertz CT molecular complexity index is 686. The van der Waals surface area contributed by atoms with Crippen LogP contribution in [-0.4, -0.2) is 54.4 Å². The van der Waals surface area contributed by atoms with Gasteiger partial charge in [-0.15, -0.1) is 0 Å². The van der Waals surface area contributed by atoms with E-state index in [1.54, 1.807) is 20.8 Å². The molecule has 28 heavy (non-hydrogen) atoms. The minimum atomic E-state index is -0.644. The second-order valence-electron chi connectivity index (χ2n) is 7.62. The van der Waals surface area contributed by atoms with Crippen molar-refractivity contribution < 1.29 is 28.6 Å². The molecule has 1 aliphatic heterocycles. The number of carbonyl (C=O) groups is 3. The maximum atomic E-state index is 12.6. The first kappa shape index (κ1) is 21.5. The first-order valence-corrected chi connectivity index (χ1v) is 9.23. The third-order valence-corrected chi connectivity index (χ3v) is 4.29. The largest absolute Gasteiger partial charge is 0.469 e. The monoisotopic (exact) mass is 392 g/mol. The molecular weight excluding hydrogens is 364 g/mol. The molecule has 1 saturated heterocycles. The number of hydrogen-bond acceptors (Lipinski definition) is 6. The first-order chi connectivity index (χ1) is 13.2. The zero-order chi connectivity index (χ0) is 20.7. The number of hydrogen-bond donors (Lipinski definition) is 1. The number of likely N-dealkylation sites (tertiary alicyclic amines) is 1. The van der Waals surface area contributed by atoms with Gasteiger partial charge >= 0.3 is 18.2 Å². The molecule has 0 bridgehead atoms. The lowest BCUT2D eigenvalue weighted by molar-refractivity contribution is -0.141. The lowest BCUT2D eigenvalue weighted by atomic mass is 10.1. The maximum absolute atomic E-state index is 12.6. The van der Waals surface area contributed by atoms with Crippen LogP contribution in [0.2, 0.25) is 0 Å². The fraction of sp³-hybridized carbons (Fsp3) is 0.550. The third kappa shape index (κ3) is 6.44. The van der Waals surface area contributed by atoms with E-state index >= 15 is 0 Å². The fourth-order valence-corrected chi connectivity index (χ4v) is 3.02. The summed E-state index contributed by atoms with van der Waals surface area (Å²) >= 11 is 0. The van der Waals surface area contributed by atoms with E-state index in [1.807, 2.05) is 30.3 Å². The number of esters is 1. The lowest BCUT2D eigenvalue weighted by Crippen LogP contribution is -2.49. The van der Waals surface area contributed by atoms with Crippen LogP contribution in [0, 0.1) is 0 Å². The van der Waals surface area contributed by atoms with Crippen LogP contribution < -0.4 is 5.32 Å². The van der Waals surface area contributed by atoms with Crippen LogP contribution in [0.3, 0.4) is 0 Å². The molecule has 2 amide bonds. The number of nitrogens with one attached hydrogen (secondary N) is 1. The van der Waals surface area contributed by atoms with Gasteiger partial charge in [0.15, 0.2) is 0 Å². The molecule has 1 fully saturated rings. The normalized spacial score (nSPS) is 19.1. The number of nitrogens with zero attached hydrogens (tertiary/aromatic N) is 1. The van der Waals surface area contributed by atoms with Gasteiger partial charge in [-0.1, -0.05) is 30.3 Å². The number of rotatable bonds is 5. The highest BCUT2D eigenvalue weighted by atomic mass is 16.6. The summed E-state index contributed by atoms with van der Waals surface area (Å²) in [7, 11) is 1.28. The molecule has 8 heteroatoms. The fourth-order valence-electron chi connectivity index (χ4n) is 3.02. The maximum Gasteiger partial charge on any atom is 0.410 e. The quantitative estimate of drug-likeness (QED) is 0.612. The van der Waals surface area contributed by atoms with E-state index in [4.69, 9.17) is 14.2 Å². The summed E-state index contributed by atoms with van der Waals surface area (Å²) in [5.41, 5.74) is 0.220. The average Bonchev–Trinajstić information content (AvgIpc) is 3.01. The van der Waals surface area contributed by atoms with Crippen molar-refractivity contribution in [1.29, 1.82) is 0 Å². The van der Waals surface area contributed by atoms with Gasteiger partial charge in [0.1, 0.15) is 12.2 Å². The number of alkyl carbamates (subject to hydrolysis) is 1. The Hall–Kier alpha value is -2.77. The molecule has 1 aliphatic rings. The Morgan fingerprint density at radius 3 is 2.46 bits per heavy atom. The van der Waals surface area contributed by atoms with Gasteiger partial charge in [0.05, 0.1) is 25.6 Å². The topological polar surface area (TPSA) is 94.2 Å².